The Kier molecular flexibility index (Phi) is 12.0. The molecule has 6 nitrogen and oxygen atoms in total. The zero-order chi connectivity index (χ0) is 28.8. The smallest absolute Gasteiger partial charge is 0.132 e. The van der Waals surface area contributed by atoms with Crippen molar-refractivity contribution in [2.24, 2.45) is 0 Å². The van der Waals surface area contributed by atoms with Gasteiger partial charge in [-0.1, -0.05) is 104 Å². The van der Waals surface area contributed by atoms with Crippen molar-refractivity contribution < 1.29 is 23.7 Å². The first-order chi connectivity index (χ1) is 20.8. The van der Waals surface area contributed by atoms with Crippen LogP contribution in [0.25, 0.3) is 0 Å². The summed E-state index contributed by atoms with van der Waals surface area (Å²) >= 11 is 1.72. The van der Waals surface area contributed by atoms with E-state index < -0.39 is 12.2 Å². The molecule has 0 saturated carbocycles. The molecule has 4 aromatic rings. The van der Waals surface area contributed by atoms with Crippen molar-refractivity contribution in [2.75, 3.05) is 12.4 Å². The molecule has 0 amide bonds. The molecule has 5 atom stereocenters. The van der Waals surface area contributed by atoms with E-state index in [1.54, 1.807) is 18.0 Å². The van der Waals surface area contributed by atoms with Crippen molar-refractivity contribution in [3.8, 4) is 0 Å². The van der Waals surface area contributed by atoms with Gasteiger partial charge >= 0.3 is 0 Å². The normalized spacial score (nSPS) is 22.2. The number of nitrogens with zero attached hydrogens (tertiary/aromatic N) is 1. The summed E-state index contributed by atoms with van der Waals surface area (Å²) in [6.07, 6.45) is 0.207. The van der Waals surface area contributed by atoms with Crippen molar-refractivity contribution >= 4 is 11.8 Å². The SMILES string of the molecule is CCS[C@@H]1O[C@H](COCc2ccccc2)[C@H](OCc2ccccn2)[C@H](OCc2ccccc2)[C@H]1OCc1ccccc1. The van der Waals surface area contributed by atoms with E-state index >= 15 is 0 Å². The second-order valence-electron chi connectivity index (χ2n) is 10.1. The fourth-order valence-corrected chi connectivity index (χ4v) is 5.92. The number of benzene rings is 3. The molecular formula is C35H39NO5S. The lowest BCUT2D eigenvalue weighted by atomic mass is 9.99. The van der Waals surface area contributed by atoms with Crippen LogP contribution in [0.1, 0.15) is 29.3 Å². The average molecular weight is 586 g/mol. The van der Waals surface area contributed by atoms with E-state index in [1.807, 2.05) is 72.8 Å². The third-order valence-electron chi connectivity index (χ3n) is 7.04. The lowest BCUT2D eigenvalue weighted by Crippen LogP contribution is -2.60. The van der Waals surface area contributed by atoms with Gasteiger partial charge in [-0.05, 0) is 34.6 Å². The van der Waals surface area contributed by atoms with Crippen LogP contribution in [-0.4, -0.2) is 47.2 Å². The van der Waals surface area contributed by atoms with Gasteiger partial charge in [0.15, 0.2) is 0 Å². The molecule has 3 aromatic carbocycles. The van der Waals surface area contributed by atoms with E-state index in [2.05, 4.69) is 48.3 Å². The molecule has 0 bridgehead atoms. The zero-order valence-electron chi connectivity index (χ0n) is 24.0. The number of hydrogen-bond donors (Lipinski definition) is 0. The third-order valence-corrected chi connectivity index (χ3v) is 8.08. The second-order valence-corrected chi connectivity index (χ2v) is 11.5. The summed E-state index contributed by atoms with van der Waals surface area (Å²) in [5.41, 5.74) is 3.89. The third kappa shape index (κ3) is 8.98. The lowest BCUT2D eigenvalue weighted by molar-refractivity contribution is -0.254. The molecule has 2 heterocycles. The minimum Gasteiger partial charge on any atom is -0.374 e. The molecule has 0 aliphatic carbocycles. The standard InChI is InChI=1S/C35H39NO5S/c1-2-42-35-34(39-24-29-18-10-5-11-19-29)33(38-23-28-16-8-4-9-17-28)32(40-25-30-20-12-13-21-36-30)31(41-35)26-37-22-27-14-6-3-7-15-27/h3-21,31-35H,2,22-26H2,1H3/t31-,32+,33+,34-,35+/m1/s1. The highest BCUT2D eigenvalue weighted by molar-refractivity contribution is 7.99. The number of ether oxygens (including phenoxy) is 5. The fraction of sp³-hybridized carbons (Fsp3) is 0.343. The molecule has 1 aliphatic heterocycles. The van der Waals surface area contributed by atoms with E-state index in [1.165, 1.54) is 0 Å². The summed E-state index contributed by atoms with van der Waals surface area (Å²) < 4.78 is 32.9. The van der Waals surface area contributed by atoms with E-state index in [0.717, 1.165) is 28.1 Å². The van der Waals surface area contributed by atoms with Crippen LogP contribution in [0.3, 0.4) is 0 Å². The number of thioether (sulfide) groups is 1. The van der Waals surface area contributed by atoms with Gasteiger partial charge in [-0.25, -0.2) is 0 Å². The van der Waals surface area contributed by atoms with Crippen molar-refractivity contribution in [3.63, 3.8) is 0 Å². The molecule has 1 saturated heterocycles. The highest BCUT2D eigenvalue weighted by Crippen LogP contribution is 2.35. The molecular weight excluding hydrogens is 546 g/mol. The van der Waals surface area contributed by atoms with Crippen molar-refractivity contribution in [2.45, 2.75) is 63.2 Å². The summed E-state index contributed by atoms with van der Waals surface area (Å²) in [6, 6.07) is 36.4. The molecule has 1 fully saturated rings. The summed E-state index contributed by atoms with van der Waals surface area (Å²) in [7, 11) is 0. The van der Waals surface area contributed by atoms with Gasteiger partial charge in [-0.3, -0.25) is 4.98 Å². The maximum atomic E-state index is 6.74. The van der Waals surface area contributed by atoms with Gasteiger partial charge in [0.1, 0.15) is 29.9 Å². The van der Waals surface area contributed by atoms with E-state index in [-0.39, 0.29) is 17.6 Å². The van der Waals surface area contributed by atoms with Gasteiger partial charge in [0.2, 0.25) is 0 Å². The Bertz CT molecular complexity index is 1280. The van der Waals surface area contributed by atoms with Crippen LogP contribution in [0.4, 0.5) is 0 Å². The van der Waals surface area contributed by atoms with Crippen LogP contribution in [0.2, 0.25) is 0 Å². The van der Waals surface area contributed by atoms with Gasteiger partial charge in [0.05, 0.1) is 38.7 Å². The monoisotopic (exact) mass is 585 g/mol. The predicted octanol–water partition coefficient (Wildman–Crippen LogP) is 6.83. The molecule has 1 aromatic heterocycles. The molecule has 220 valence electrons. The fourth-order valence-electron chi connectivity index (χ4n) is 4.94. The van der Waals surface area contributed by atoms with Gasteiger partial charge in [0, 0.05) is 6.20 Å². The first kappa shape index (κ1) is 30.4. The van der Waals surface area contributed by atoms with Gasteiger partial charge < -0.3 is 23.7 Å². The Hall–Kier alpha value is -3.04. The quantitative estimate of drug-likeness (QED) is 0.152. The van der Waals surface area contributed by atoms with Crippen LogP contribution < -0.4 is 0 Å². The Morgan fingerprint density at radius 2 is 1.17 bits per heavy atom. The maximum Gasteiger partial charge on any atom is 0.132 e. The lowest BCUT2D eigenvalue weighted by Gasteiger charge is -2.46. The summed E-state index contributed by atoms with van der Waals surface area (Å²) in [5.74, 6) is 0.873. The zero-order valence-corrected chi connectivity index (χ0v) is 24.8. The van der Waals surface area contributed by atoms with Crippen molar-refractivity contribution in [1.29, 1.82) is 0 Å². The van der Waals surface area contributed by atoms with Crippen molar-refractivity contribution in [1.82, 2.24) is 4.98 Å². The van der Waals surface area contributed by atoms with Gasteiger partial charge in [-0.2, -0.15) is 0 Å². The van der Waals surface area contributed by atoms with Crippen LogP contribution in [-0.2, 0) is 50.1 Å². The minimum absolute atomic E-state index is 0.250. The molecule has 1 aliphatic rings. The van der Waals surface area contributed by atoms with E-state index in [4.69, 9.17) is 23.7 Å². The Labute approximate surface area is 253 Å². The van der Waals surface area contributed by atoms with Crippen molar-refractivity contribution in [3.05, 3.63) is 138 Å². The number of pyridine rings is 1. The first-order valence-corrected chi connectivity index (χ1v) is 15.6. The molecule has 0 spiro atoms. The topological polar surface area (TPSA) is 59.0 Å². The van der Waals surface area contributed by atoms with Crippen LogP contribution >= 0.6 is 11.8 Å². The Morgan fingerprint density at radius 1 is 0.619 bits per heavy atom. The van der Waals surface area contributed by atoms with E-state index in [9.17, 15) is 0 Å². The molecule has 42 heavy (non-hydrogen) atoms. The summed E-state index contributed by atoms with van der Waals surface area (Å²) in [4.78, 5) is 4.47. The Morgan fingerprint density at radius 3 is 1.74 bits per heavy atom. The molecule has 5 rings (SSSR count). The Balaban J connectivity index is 1.40. The first-order valence-electron chi connectivity index (χ1n) is 14.5. The largest absolute Gasteiger partial charge is 0.374 e. The van der Waals surface area contributed by atoms with Crippen LogP contribution in [0, 0.1) is 0 Å². The predicted molar refractivity (Wildman–Crippen MR) is 166 cm³/mol. The summed E-state index contributed by atoms with van der Waals surface area (Å²) in [6.45, 7) is 4.19. The van der Waals surface area contributed by atoms with Gasteiger partial charge in [0.25, 0.3) is 0 Å². The number of hydrogen-bond acceptors (Lipinski definition) is 7. The maximum absolute atomic E-state index is 6.74. The number of rotatable bonds is 15. The molecule has 0 unspecified atom stereocenters. The molecule has 0 N–H and O–H groups in total. The highest BCUT2D eigenvalue weighted by atomic mass is 32.2. The molecule has 0 radical (unpaired) electrons. The number of aromatic nitrogens is 1. The highest BCUT2D eigenvalue weighted by Gasteiger charge is 2.48. The van der Waals surface area contributed by atoms with Crippen LogP contribution in [0.5, 0.6) is 0 Å². The van der Waals surface area contributed by atoms with Gasteiger partial charge in [-0.15, -0.1) is 11.8 Å². The van der Waals surface area contributed by atoms with E-state index in [0.29, 0.717) is 33.0 Å². The van der Waals surface area contributed by atoms with Crippen LogP contribution in [0.15, 0.2) is 115 Å². The summed E-state index contributed by atoms with van der Waals surface area (Å²) in [5, 5.41) is 0. The minimum atomic E-state index is -0.444. The molecule has 7 heteroatoms. The average Bonchev–Trinajstić information content (AvgIpc) is 3.05. The second kappa shape index (κ2) is 16.6.